The highest BCUT2D eigenvalue weighted by molar-refractivity contribution is 7.88. The lowest BCUT2D eigenvalue weighted by atomic mass is 9.52. The van der Waals surface area contributed by atoms with Crippen LogP contribution in [0.1, 0.15) is 84.3 Å². The maximum Gasteiger partial charge on any atom is 0.534 e. The van der Waals surface area contributed by atoms with E-state index in [0.717, 1.165) is 30.4 Å². The van der Waals surface area contributed by atoms with Gasteiger partial charge in [0.05, 0.1) is 0 Å². The zero-order valence-corrected chi connectivity index (χ0v) is 20.6. The number of carbonyl (C=O) groups is 1. The van der Waals surface area contributed by atoms with Crippen LogP contribution in [0.25, 0.3) is 0 Å². The van der Waals surface area contributed by atoms with E-state index in [4.69, 9.17) is 0 Å². The van der Waals surface area contributed by atoms with Gasteiger partial charge in [-0.1, -0.05) is 47.6 Å². The van der Waals surface area contributed by atoms with E-state index in [1.807, 2.05) is 27.7 Å². The summed E-state index contributed by atoms with van der Waals surface area (Å²) in [5, 5.41) is 0. The van der Waals surface area contributed by atoms with Gasteiger partial charge in [0.15, 0.2) is 0 Å². The summed E-state index contributed by atoms with van der Waals surface area (Å²) in [6, 6.07) is 4.45. The van der Waals surface area contributed by atoms with E-state index in [0.29, 0.717) is 30.5 Å². The fourth-order valence-electron chi connectivity index (χ4n) is 6.11. The lowest BCUT2D eigenvalue weighted by Gasteiger charge is -2.51. The summed E-state index contributed by atoms with van der Waals surface area (Å²) in [7, 11) is -5.67. The number of fused-ring (bicyclic) bond motifs is 5. The molecule has 3 aliphatic carbocycles. The maximum absolute atomic E-state index is 12.6. The van der Waals surface area contributed by atoms with Crippen LogP contribution < -0.4 is 4.18 Å². The molecule has 4 nitrogen and oxygen atoms in total. The quantitative estimate of drug-likeness (QED) is 0.355. The molecule has 3 aliphatic rings. The Morgan fingerprint density at radius 2 is 1.69 bits per heavy atom. The normalized spacial score (nSPS) is 31.1. The fourth-order valence-corrected chi connectivity index (χ4v) is 6.56. The zero-order chi connectivity index (χ0) is 24.5. The van der Waals surface area contributed by atoms with Crippen molar-refractivity contribution in [2.45, 2.75) is 85.1 Å². The Hall–Kier alpha value is -1.57. The predicted molar refractivity (Wildman–Crippen MR) is 119 cm³/mol. The van der Waals surface area contributed by atoms with Crippen LogP contribution in [0, 0.1) is 23.2 Å². The largest absolute Gasteiger partial charge is 0.534 e. The van der Waals surface area contributed by atoms with Crippen molar-refractivity contribution in [3.05, 3.63) is 29.3 Å². The van der Waals surface area contributed by atoms with Gasteiger partial charge in [-0.15, -0.1) is 0 Å². The molecule has 0 bridgehead atoms. The molecule has 8 heteroatoms. The van der Waals surface area contributed by atoms with Crippen molar-refractivity contribution in [1.82, 2.24) is 0 Å². The minimum atomic E-state index is -5.67. The first-order chi connectivity index (χ1) is 14.9. The van der Waals surface area contributed by atoms with E-state index in [1.54, 1.807) is 6.07 Å². The third-order valence-electron chi connectivity index (χ3n) is 7.18. The summed E-state index contributed by atoms with van der Waals surface area (Å²) in [5.41, 5.74) is -3.81. The van der Waals surface area contributed by atoms with Crippen LogP contribution >= 0.6 is 0 Å². The molecular formula is C24H35F3O4S. The molecule has 1 aromatic carbocycles. The molecule has 2 fully saturated rings. The first-order valence-electron chi connectivity index (χ1n) is 11.6. The Balaban J connectivity index is 0.000000860. The first kappa shape index (κ1) is 26.7. The van der Waals surface area contributed by atoms with Crippen LogP contribution in [0.4, 0.5) is 13.2 Å². The first-order valence-corrected chi connectivity index (χ1v) is 13.0. The van der Waals surface area contributed by atoms with E-state index in [2.05, 4.69) is 18.0 Å². The summed E-state index contributed by atoms with van der Waals surface area (Å²) in [6.07, 6.45) is 3.85. The summed E-state index contributed by atoms with van der Waals surface area (Å²) in [6.45, 7) is 12.2. The molecule has 1 aromatic rings. The molecule has 0 heterocycles. The number of hydrogen-bond donors (Lipinski definition) is 0. The monoisotopic (exact) mass is 476 g/mol. The lowest BCUT2D eigenvalue weighted by Crippen LogP contribution is -2.46. The highest BCUT2D eigenvalue weighted by Gasteiger charge is 2.56. The van der Waals surface area contributed by atoms with Crippen LogP contribution in [0.2, 0.25) is 0 Å². The number of Topliss-reactive ketones (excluding diaryl/α,β-unsaturated/α-hetero) is 1. The van der Waals surface area contributed by atoms with Gasteiger partial charge in [-0.3, -0.25) is 4.79 Å². The second-order valence-corrected chi connectivity index (χ2v) is 10.3. The molecule has 0 spiro atoms. The number of halogens is 3. The van der Waals surface area contributed by atoms with Crippen LogP contribution in [-0.4, -0.2) is 19.7 Å². The Bertz CT molecular complexity index is 926. The summed E-state index contributed by atoms with van der Waals surface area (Å²) in [5.74, 6) is 1.28. The van der Waals surface area contributed by atoms with E-state index < -0.39 is 15.6 Å². The SMILES string of the molecule is CC.CC.C[C@H]1C[C@]2(C)C(=O)CCC2C2CCc3cc(OS(=O)(=O)C(F)(F)F)ccc3C21. The van der Waals surface area contributed by atoms with E-state index in [1.165, 1.54) is 12.1 Å². The van der Waals surface area contributed by atoms with Gasteiger partial charge in [-0.25, -0.2) is 0 Å². The zero-order valence-electron chi connectivity index (χ0n) is 19.8. The Morgan fingerprint density at radius 1 is 1.06 bits per heavy atom. The summed E-state index contributed by atoms with van der Waals surface area (Å²) >= 11 is 0. The fraction of sp³-hybridized carbons (Fsp3) is 0.708. The Labute approximate surface area is 190 Å². The van der Waals surface area contributed by atoms with Crippen molar-refractivity contribution in [3.8, 4) is 5.75 Å². The molecule has 5 atom stereocenters. The maximum atomic E-state index is 12.6. The molecule has 2 saturated carbocycles. The van der Waals surface area contributed by atoms with Crippen LogP contribution in [0.5, 0.6) is 5.75 Å². The number of hydrogen-bond acceptors (Lipinski definition) is 4. The standard InChI is InChI=1S/C20H23F3O4S.2C2H6/c1-11-10-19(2)16(7-8-17(19)24)15-5-3-12-9-13(4-6-14(12)18(11)15)27-28(25,26)20(21,22)23;2*1-2/h4,6,9,11,15-16,18H,3,5,7-8,10H2,1-2H3;2*1-2H3/t11-,15?,16?,18?,19-;;/m0../s1. The van der Waals surface area contributed by atoms with Crippen molar-refractivity contribution < 1.29 is 30.6 Å². The molecule has 32 heavy (non-hydrogen) atoms. The third kappa shape index (κ3) is 4.57. The molecule has 0 saturated heterocycles. The number of carbonyl (C=O) groups excluding carboxylic acids is 1. The molecule has 4 rings (SSSR count). The van der Waals surface area contributed by atoms with Crippen molar-refractivity contribution in [3.63, 3.8) is 0 Å². The van der Waals surface area contributed by atoms with Gasteiger partial charge in [0.1, 0.15) is 11.5 Å². The Morgan fingerprint density at radius 3 is 2.28 bits per heavy atom. The van der Waals surface area contributed by atoms with Crippen molar-refractivity contribution in [2.24, 2.45) is 23.2 Å². The van der Waals surface area contributed by atoms with Gasteiger partial charge in [0.2, 0.25) is 0 Å². The van der Waals surface area contributed by atoms with Crippen LogP contribution in [0.3, 0.4) is 0 Å². The second-order valence-electron chi connectivity index (χ2n) is 8.74. The minimum Gasteiger partial charge on any atom is -0.376 e. The average Bonchev–Trinajstić information content (AvgIpc) is 3.03. The van der Waals surface area contributed by atoms with E-state index in [9.17, 15) is 26.4 Å². The lowest BCUT2D eigenvalue weighted by molar-refractivity contribution is -0.130. The average molecular weight is 477 g/mol. The van der Waals surface area contributed by atoms with Gasteiger partial charge in [0.25, 0.3) is 0 Å². The molecular weight excluding hydrogens is 441 g/mol. The summed E-state index contributed by atoms with van der Waals surface area (Å²) < 4.78 is 64.6. The smallest absolute Gasteiger partial charge is 0.376 e. The van der Waals surface area contributed by atoms with Gasteiger partial charge < -0.3 is 4.18 Å². The Kier molecular flexibility index (Phi) is 8.12. The number of rotatable bonds is 2. The van der Waals surface area contributed by atoms with Gasteiger partial charge in [0, 0.05) is 11.8 Å². The molecule has 0 N–H and O–H groups in total. The minimum absolute atomic E-state index is 0.237. The van der Waals surface area contributed by atoms with Gasteiger partial charge >= 0.3 is 15.6 Å². The molecule has 0 aliphatic heterocycles. The number of aryl methyl sites for hydroxylation is 1. The molecule has 0 radical (unpaired) electrons. The topological polar surface area (TPSA) is 60.4 Å². The van der Waals surface area contributed by atoms with Crippen LogP contribution in [-0.2, 0) is 21.3 Å². The van der Waals surface area contributed by atoms with Crippen molar-refractivity contribution in [1.29, 1.82) is 0 Å². The molecule has 3 unspecified atom stereocenters. The predicted octanol–water partition coefficient (Wildman–Crippen LogP) is 6.64. The molecule has 182 valence electrons. The van der Waals surface area contributed by atoms with Gasteiger partial charge in [-0.2, -0.15) is 21.6 Å². The summed E-state index contributed by atoms with van der Waals surface area (Å²) in [4.78, 5) is 12.5. The van der Waals surface area contributed by atoms with Crippen molar-refractivity contribution >= 4 is 15.9 Å². The van der Waals surface area contributed by atoms with Gasteiger partial charge in [-0.05, 0) is 72.6 Å². The second kappa shape index (κ2) is 9.74. The van der Waals surface area contributed by atoms with E-state index in [-0.39, 0.29) is 23.0 Å². The van der Waals surface area contributed by atoms with Crippen LogP contribution in [0.15, 0.2) is 18.2 Å². The highest BCUT2D eigenvalue weighted by atomic mass is 32.2. The van der Waals surface area contributed by atoms with Crippen molar-refractivity contribution in [2.75, 3.05) is 0 Å². The number of ketones is 1. The number of alkyl halides is 3. The highest BCUT2D eigenvalue weighted by Crippen LogP contribution is 2.61. The molecule has 0 amide bonds. The van der Waals surface area contributed by atoms with E-state index >= 15 is 0 Å². The third-order valence-corrected chi connectivity index (χ3v) is 8.16. The molecule has 0 aromatic heterocycles. The number of benzene rings is 1.